The molecule has 0 saturated heterocycles. The van der Waals surface area contributed by atoms with E-state index in [1.54, 1.807) is 0 Å². The van der Waals surface area contributed by atoms with E-state index in [-0.39, 0.29) is 17.1 Å². The number of methoxy groups -OCH3 is 1. The highest BCUT2D eigenvalue weighted by Gasteiger charge is 2.21. The first kappa shape index (κ1) is 19.4. The maximum atomic E-state index is 12.7. The van der Waals surface area contributed by atoms with E-state index in [0.29, 0.717) is 0 Å². The third-order valence-corrected chi connectivity index (χ3v) is 4.04. The Kier molecular flexibility index (Phi) is 6.22. The number of hydrogen-bond acceptors (Lipinski definition) is 4. The fraction of sp³-hybridized carbons (Fsp3) is 0.136. The van der Waals surface area contributed by atoms with Crippen molar-refractivity contribution in [2.75, 3.05) is 7.11 Å². The molecular formula is C22H18F2O4. The summed E-state index contributed by atoms with van der Waals surface area (Å²) in [5.41, 5.74) is 1.79. The van der Waals surface area contributed by atoms with Crippen molar-refractivity contribution in [3.8, 4) is 11.5 Å². The Bertz CT molecular complexity index is 875. The molecule has 0 bridgehead atoms. The van der Waals surface area contributed by atoms with Gasteiger partial charge in [-0.25, -0.2) is 4.79 Å². The van der Waals surface area contributed by atoms with Crippen LogP contribution in [-0.4, -0.2) is 19.7 Å². The Labute approximate surface area is 161 Å². The topological polar surface area (TPSA) is 44.8 Å². The third kappa shape index (κ3) is 4.65. The Balaban J connectivity index is 1.88. The van der Waals surface area contributed by atoms with Crippen LogP contribution >= 0.6 is 0 Å². The summed E-state index contributed by atoms with van der Waals surface area (Å²) < 4.78 is 40.1. The van der Waals surface area contributed by atoms with Gasteiger partial charge in [0.25, 0.3) is 0 Å². The summed E-state index contributed by atoms with van der Waals surface area (Å²) in [4.78, 5) is 12.7. The second kappa shape index (κ2) is 8.99. The fourth-order valence-electron chi connectivity index (χ4n) is 2.75. The second-order valence-corrected chi connectivity index (χ2v) is 5.85. The lowest BCUT2D eigenvalue weighted by Gasteiger charge is -2.19. The van der Waals surface area contributed by atoms with Crippen LogP contribution in [0.25, 0.3) is 0 Å². The minimum Gasteiger partial charge on any atom is -0.493 e. The molecule has 0 N–H and O–H groups in total. The summed E-state index contributed by atoms with van der Waals surface area (Å²) in [6.45, 7) is -2.99. The molecule has 0 amide bonds. The van der Waals surface area contributed by atoms with Gasteiger partial charge in [0.1, 0.15) is 0 Å². The van der Waals surface area contributed by atoms with E-state index in [2.05, 4.69) is 4.74 Å². The highest BCUT2D eigenvalue weighted by molar-refractivity contribution is 5.90. The van der Waals surface area contributed by atoms with E-state index in [4.69, 9.17) is 9.47 Å². The zero-order valence-corrected chi connectivity index (χ0v) is 15.0. The van der Waals surface area contributed by atoms with Crippen LogP contribution in [0.3, 0.4) is 0 Å². The van der Waals surface area contributed by atoms with Gasteiger partial charge in [0.2, 0.25) is 0 Å². The lowest BCUT2D eigenvalue weighted by molar-refractivity contribution is -0.0512. The molecule has 4 nitrogen and oxygen atoms in total. The van der Waals surface area contributed by atoms with Gasteiger partial charge in [-0.1, -0.05) is 60.7 Å². The van der Waals surface area contributed by atoms with Crippen molar-refractivity contribution >= 4 is 5.97 Å². The Hall–Kier alpha value is -3.41. The zero-order chi connectivity index (χ0) is 19.9. The van der Waals surface area contributed by atoms with Crippen molar-refractivity contribution in [2.45, 2.75) is 12.7 Å². The first-order valence-corrected chi connectivity index (χ1v) is 8.52. The van der Waals surface area contributed by atoms with Crippen LogP contribution in [0.5, 0.6) is 11.5 Å². The lowest BCUT2D eigenvalue weighted by Crippen LogP contribution is -2.13. The summed E-state index contributed by atoms with van der Waals surface area (Å²) in [5.74, 6) is -0.748. The standard InChI is InChI=1S/C22H18F2O4/c1-26-19-14-17(12-13-18(19)27-22(23)24)21(25)28-20(15-8-4-2-5-9-15)16-10-6-3-7-11-16/h2-14,20,22H,1H3. The SMILES string of the molecule is COc1cc(C(=O)OC(c2ccccc2)c2ccccc2)ccc1OC(F)F. The number of esters is 1. The zero-order valence-electron chi connectivity index (χ0n) is 15.0. The Morgan fingerprint density at radius 1 is 0.821 bits per heavy atom. The smallest absolute Gasteiger partial charge is 0.387 e. The van der Waals surface area contributed by atoms with Crippen LogP contribution in [0.4, 0.5) is 8.78 Å². The normalized spacial score (nSPS) is 10.8. The number of benzene rings is 3. The van der Waals surface area contributed by atoms with E-state index in [1.807, 2.05) is 60.7 Å². The molecule has 6 heteroatoms. The molecule has 0 aromatic heterocycles. The third-order valence-electron chi connectivity index (χ3n) is 4.04. The minimum absolute atomic E-state index is 0.0192. The Morgan fingerprint density at radius 2 is 1.39 bits per heavy atom. The van der Waals surface area contributed by atoms with Crippen molar-refractivity contribution in [3.05, 3.63) is 95.6 Å². The molecule has 0 aliphatic rings. The summed E-state index contributed by atoms with van der Waals surface area (Å²) in [6, 6.07) is 22.6. The van der Waals surface area contributed by atoms with Gasteiger partial charge in [-0.2, -0.15) is 8.78 Å². The molecule has 144 valence electrons. The number of alkyl halides is 2. The highest BCUT2D eigenvalue weighted by atomic mass is 19.3. The highest BCUT2D eigenvalue weighted by Crippen LogP contribution is 2.31. The molecule has 0 aliphatic heterocycles. The van der Waals surface area contributed by atoms with E-state index in [1.165, 1.54) is 25.3 Å². The van der Waals surface area contributed by atoms with Crippen molar-refractivity contribution < 1.29 is 27.8 Å². The molecule has 3 aromatic carbocycles. The Morgan fingerprint density at radius 3 is 1.89 bits per heavy atom. The molecule has 28 heavy (non-hydrogen) atoms. The first-order chi connectivity index (χ1) is 13.6. The molecular weight excluding hydrogens is 366 g/mol. The second-order valence-electron chi connectivity index (χ2n) is 5.85. The molecule has 3 rings (SSSR count). The molecule has 0 heterocycles. The monoisotopic (exact) mass is 384 g/mol. The van der Waals surface area contributed by atoms with E-state index in [9.17, 15) is 13.6 Å². The molecule has 0 unspecified atom stereocenters. The summed E-state index contributed by atoms with van der Waals surface area (Å²) in [7, 11) is 1.31. The van der Waals surface area contributed by atoms with Crippen molar-refractivity contribution in [2.24, 2.45) is 0 Å². The number of halogens is 2. The number of ether oxygens (including phenoxy) is 3. The molecule has 0 fully saturated rings. The van der Waals surface area contributed by atoms with Crippen LogP contribution < -0.4 is 9.47 Å². The molecule has 0 radical (unpaired) electrons. The maximum Gasteiger partial charge on any atom is 0.387 e. The lowest BCUT2D eigenvalue weighted by atomic mass is 10.0. The number of carbonyl (C=O) groups excluding carboxylic acids is 1. The van der Waals surface area contributed by atoms with Gasteiger partial charge in [0, 0.05) is 0 Å². The van der Waals surface area contributed by atoms with Crippen LogP contribution in [0.15, 0.2) is 78.9 Å². The predicted molar refractivity (Wildman–Crippen MR) is 99.8 cm³/mol. The van der Waals surface area contributed by atoms with E-state index in [0.717, 1.165) is 11.1 Å². The number of rotatable bonds is 7. The molecule has 0 aliphatic carbocycles. The maximum absolute atomic E-state index is 12.7. The summed E-state index contributed by atoms with van der Waals surface area (Å²) in [6.07, 6.45) is -0.613. The largest absolute Gasteiger partial charge is 0.493 e. The van der Waals surface area contributed by atoms with Crippen LogP contribution in [0.2, 0.25) is 0 Å². The van der Waals surface area contributed by atoms with Gasteiger partial charge in [0.05, 0.1) is 12.7 Å². The minimum atomic E-state index is -2.99. The van der Waals surface area contributed by atoms with Crippen LogP contribution in [0, 0.1) is 0 Å². The van der Waals surface area contributed by atoms with Gasteiger partial charge in [-0.05, 0) is 29.3 Å². The van der Waals surface area contributed by atoms with Gasteiger partial charge >= 0.3 is 12.6 Å². The summed E-state index contributed by atoms with van der Waals surface area (Å²) >= 11 is 0. The molecule has 0 saturated carbocycles. The van der Waals surface area contributed by atoms with Gasteiger partial charge in [-0.15, -0.1) is 0 Å². The van der Waals surface area contributed by atoms with Crippen LogP contribution in [0.1, 0.15) is 27.6 Å². The summed E-state index contributed by atoms with van der Waals surface area (Å²) in [5, 5.41) is 0. The van der Waals surface area contributed by atoms with E-state index < -0.39 is 18.7 Å². The molecule has 3 aromatic rings. The van der Waals surface area contributed by atoms with Crippen molar-refractivity contribution in [3.63, 3.8) is 0 Å². The van der Waals surface area contributed by atoms with Crippen molar-refractivity contribution in [1.29, 1.82) is 0 Å². The quantitative estimate of drug-likeness (QED) is 0.523. The fourth-order valence-corrected chi connectivity index (χ4v) is 2.75. The number of carbonyl (C=O) groups is 1. The van der Waals surface area contributed by atoms with Gasteiger partial charge in [-0.3, -0.25) is 0 Å². The first-order valence-electron chi connectivity index (χ1n) is 8.52. The molecule has 0 atom stereocenters. The van der Waals surface area contributed by atoms with E-state index >= 15 is 0 Å². The average molecular weight is 384 g/mol. The predicted octanol–water partition coefficient (Wildman–Crippen LogP) is 5.24. The van der Waals surface area contributed by atoms with Gasteiger partial charge in [0.15, 0.2) is 17.6 Å². The van der Waals surface area contributed by atoms with Gasteiger partial charge < -0.3 is 14.2 Å². The van der Waals surface area contributed by atoms with Crippen LogP contribution in [-0.2, 0) is 4.74 Å². The number of hydrogen-bond donors (Lipinski definition) is 0. The molecule has 0 spiro atoms. The van der Waals surface area contributed by atoms with Crippen molar-refractivity contribution in [1.82, 2.24) is 0 Å². The average Bonchev–Trinajstić information content (AvgIpc) is 2.73.